The molecule has 3 rings (SSSR count). The van der Waals surface area contributed by atoms with Gasteiger partial charge >= 0.3 is 0 Å². The molecule has 1 fully saturated rings. The van der Waals surface area contributed by atoms with Crippen LogP contribution in [0.4, 0.5) is 11.5 Å². The third-order valence-corrected chi connectivity index (χ3v) is 4.51. The molecular formula is C20H23N3O2. The van der Waals surface area contributed by atoms with Crippen molar-refractivity contribution >= 4 is 23.3 Å². The number of benzene rings is 1. The fourth-order valence-corrected chi connectivity index (χ4v) is 3.01. The molecule has 0 bridgehead atoms. The molecule has 1 N–H and O–H groups in total. The molecule has 0 radical (unpaired) electrons. The molecule has 0 unspecified atom stereocenters. The van der Waals surface area contributed by atoms with Crippen molar-refractivity contribution in [3.8, 4) is 0 Å². The van der Waals surface area contributed by atoms with Crippen LogP contribution in [0.25, 0.3) is 0 Å². The lowest BCUT2D eigenvalue weighted by molar-refractivity contribution is -0.122. The first kappa shape index (κ1) is 17.1. The summed E-state index contributed by atoms with van der Waals surface area (Å²) in [6.45, 7) is 6.54. The molecule has 25 heavy (non-hydrogen) atoms. The second-order valence-electron chi connectivity index (χ2n) is 6.81. The Labute approximate surface area is 148 Å². The summed E-state index contributed by atoms with van der Waals surface area (Å²) in [7, 11) is 0. The number of nitrogens with zero attached hydrogens (tertiary/aromatic N) is 2. The monoisotopic (exact) mass is 337 g/mol. The number of amides is 2. The number of rotatable bonds is 4. The quantitative estimate of drug-likeness (QED) is 0.929. The van der Waals surface area contributed by atoms with Gasteiger partial charge in [0, 0.05) is 24.3 Å². The van der Waals surface area contributed by atoms with Gasteiger partial charge in [-0.15, -0.1) is 0 Å². The molecule has 1 aromatic carbocycles. The normalized spacial score (nSPS) is 17.2. The van der Waals surface area contributed by atoms with Gasteiger partial charge in [-0.05, 0) is 42.7 Å². The first-order chi connectivity index (χ1) is 11.9. The Hall–Kier alpha value is -2.69. The maximum atomic E-state index is 12.5. The number of aryl methyl sites for hydroxylation is 1. The number of carbonyl (C=O) groups is 2. The van der Waals surface area contributed by atoms with E-state index in [1.165, 1.54) is 5.56 Å². The molecular weight excluding hydrogens is 314 g/mol. The number of hydrogen-bond donors (Lipinski definition) is 1. The minimum Gasteiger partial charge on any atom is -0.312 e. The first-order valence-electron chi connectivity index (χ1n) is 8.59. The molecule has 1 aliphatic heterocycles. The third kappa shape index (κ3) is 3.87. The topological polar surface area (TPSA) is 62.3 Å². The van der Waals surface area contributed by atoms with Crippen molar-refractivity contribution in [2.75, 3.05) is 16.8 Å². The number of nitrogens with one attached hydrogen (secondary N) is 1. The van der Waals surface area contributed by atoms with Crippen LogP contribution in [0.3, 0.4) is 0 Å². The van der Waals surface area contributed by atoms with Gasteiger partial charge in [0.25, 0.3) is 0 Å². The van der Waals surface area contributed by atoms with E-state index < -0.39 is 0 Å². The minimum absolute atomic E-state index is 0.0188. The van der Waals surface area contributed by atoms with Crippen molar-refractivity contribution < 1.29 is 9.59 Å². The van der Waals surface area contributed by atoms with Crippen molar-refractivity contribution in [1.82, 2.24) is 4.98 Å². The van der Waals surface area contributed by atoms with Gasteiger partial charge in [0.05, 0.1) is 5.92 Å². The average molecular weight is 337 g/mol. The number of carbonyl (C=O) groups excluding carboxylic acids is 2. The van der Waals surface area contributed by atoms with Crippen molar-refractivity contribution in [2.24, 2.45) is 5.92 Å². The summed E-state index contributed by atoms with van der Waals surface area (Å²) >= 11 is 0. The number of hydrogen-bond acceptors (Lipinski definition) is 3. The molecule has 5 nitrogen and oxygen atoms in total. The summed E-state index contributed by atoms with van der Waals surface area (Å²) in [5, 5.41) is 2.81. The first-order valence-corrected chi connectivity index (χ1v) is 8.59. The van der Waals surface area contributed by atoms with Crippen LogP contribution in [0.15, 0.2) is 42.5 Å². The molecule has 1 aliphatic rings. The van der Waals surface area contributed by atoms with E-state index in [0.717, 1.165) is 11.4 Å². The fraction of sp³-hybridized carbons (Fsp3) is 0.350. The van der Waals surface area contributed by atoms with Gasteiger partial charge in [-0.2, -0.15) is 0 Å². The molecule has 0 saturated carbocycles. The van der Waals surface area contributed by atoms with Crippen LogP contribution in [0.5, 0.6) is 0 Å². The van der Waals surface area contributed by atoms with Gasteiger partial charge < -0.3 is 10.2 Å². The summed E-state index contributed by atoms with van der Waals surface area (Å²) < 4.78 is 0. The maximum Gasteiger partial charge on any atom is 0.230 e. The lowest BCUT2D eigenvalue weighted by Crippen LogP contribution is -2.28. The highest BCUT2D eigenvalue weighted by Crippen LogP contribution is 2.27. The predicted molar refractivity (Wildman–Crippen MR) is 98.6 cm³/mol. The van der Waals surface area contributed by atoms with Crippen molar-refractivity contribution in [2.45, 2.75) is 33.1 Å². The Morgan fingerprint density at radius 1 is 1.20 bits per heavy atom. The lowest BCUT2D eigenvalue weighted by atomic mass is 10.0. The van der Waals surface area contributed by atoms with E-state index in [4.69, 9.17) is 0 Å². The van der Waals surface area contributed by atoms with E-state index in [9.17, 15) is 9.59 Å². The standard InChI is InChI=1S/C20H23N3O2/c1-13(2)15-7-9-17(10-8-15)23-12-16(11-19(23)24)20(25)22-18-6-4-5-14(3)21-18/h4-10,13,16H,11-12H2,1-3H3,(H,21,22,25)/t16-/m0/s1. The largest absolute Gasteiger partial charge is 0.312 e. The molecule has 130 valence electrons. The van der Waals surface area contributed by atoms with E-state index in [-0.39, 0.29) is 24.2 Å². The lowest BCUT2D eigenvalue weighted by Gasteiger charge is -2.17. The SMILES string of the molecule is Cc1cccc(NC(=O)[C@H]2CC(=O)N(c3ccc(C(C)C)cc3)C2)n1. The van der Waals surface area contributed by atoms with Crippen LogP contribution in [0.1, 0.15) is 37.4 Å². The molecule has 0 aliphatic carbocycles. The van der Waals surface area contributed by atoms with Gasteiger partial charge in [0.15, 0.2) is 0 Å². The highest BCUT2D eigenvalue weighted by Gasteiger charge is 2.35. The fourth-order valence-electron chi connectivity index (χ4n) is 3.01. The van der Waals surface area contributed by atoms with E-state index in [2.05, 4.69) is 24.1 Å². The summed E-state index contributed by atoms with van der Waals surface area (Å²) in [5.41, 5.74) is 2.92. The number of pyridine rings is 1. The van der Waals surface area contributed by atoms with Crippen molar-refractivity contribution in [1.29, 1.82) is 0 Å². The minimum atomic E-state index is -0.361. The molecule has 1 saturated heterocycles. The van der Waals surface area contributed by atoms with E-state index >= 15 is 0 Å². The number of anilines is 2. The van der Waals surface area contributed by atoms with E-state index in [0.29, 0.717) is 18.3 Å². The van der Waals surface area contributed by atoms with Crippen LogP contribution in [0, 0.1) is 12.8 Å². The van der Waals surface area contributed by atoms with E-state index in [1.54, 1.807) is 11.0 Å². The zero-order chi connectivity index (χ0) is 18.0. The second-order valence-corrected chi connectivity index (χ2v) is 6.81. The van der Waals surface area contributed by atoms with Crippen molar-refractivity contribution in [3.05, 3.63) is 53.7 Å². The average Bonchev–Trinajstić information content (AvgIpc) is 2.97. The van der Waals surface area contributed by atoms with Crippen LogP contribution < -0.4 is 10.2 Å². The Morgan fingerprint density at radius 2 is 1.92 bits per heavy atom. The van der Waals surface area contributed by atoms with Gasteiger partial charge in [-0.3, -0.25) is 9.59 Å². The molecule has 0 spiro atoms. The van der Waals surface area contributed by atoms with Crippen LogP contribution >= 0.6 is 0 Å². The molecule has 1 aromatic heterocycles. The third-order valence-electron chi connectivity index (χ3n) is 4.51. The van der Waals surface area contributed by atoms with Crippen LogP contribution in [-0.4, -0.2) is 23.3 Å². The van der Waals surface area contributed by atoms with Gasteiger partial charge in [0.1, 0.15) is 5.82 Å². The Morgan fingerprint density at radius 3 is 2.56 bits per heavy atom. The highest BCUT2D eigenvalue weighted by atomic mass is 16.2. The summed E-state index contributed by atoms with van der Waals surface area (Å²) in [4.78, 5) is 30.8. The molecule has 1 atom stereocenters. The van der Waals surface area contributed by atoms with Gasteiger partial charge in [-0.25, -0.2) is 4.98 Å². The molecule has 2 amide bonds. The number of aromatic nitrogens is 1. The summed E-state index contributed by atoms with van der Waals surface area (Å²) in [6.07, 6.45) is 0.226. The van der Waals surface area contributed by atoms with Crippen LogP contribution in [-0.2, 0) is 9.59 Å². The summed E-state index contributed by atoms with van der Waals surface area (Å²) in [6, 6.07) is 13.5. The second kappa shape index (κ2) is 7.05. The molecule has 5 heteroatoms. The zero-order valence-corrected chi connectivity index (χ0v) is 14.8. The molecule has 2 heterocycles. The summed E-state index contributed by atoms with van der Waals surface area (Å²) in [5.74, 6) is 0.433. The smallest absolute Gasteiger partial charge is 0.230 e. The predicted octanol–water partition coefficient (Wildman–Crippen LogP) is 3.51. The molecule has 2 aromatic rings. The zero-order valence-electron chi connectivity index (χ0n) is 14.8. The van der Waals surface area contributed by atoms with Crippen molar-refractivity contribution in [3.63, 3.8) is 0 Å². The maximum absolute atomic E-state index is 12.5. The van der Waals surface area contributed by atoms with Gasteiger partial charge in [0.2, 0.25) is 11.8 Å². The Bertz CT molecular complexity index is 784. The Balaban J connectivity index is 1.68. The Kier molecular flexibility index (Phi) is 4.83. The highest BCUT2D eigenvalue weighted by molar-refractivity contribution is 6.03. The van der Waals surface area contributed by atoms with Crippen LogP contribution in [0.2, 0.25) is 0 Å². The van der Waals surface area contributed by atoms with Gasteiger partial charge in [-0.1, -0.05) is 32.0 Å². The van der Waals surface area contributed by atoms with E-state index in [1.807, 2.05) is 43.3 Å².